The molecular weight excluding hydrogens is 355 g/mol. The first-order chi connectivity index (χ1) is 12.7. The van der Waals surface area contributed by atoms with Crippen LogP contribution in [0.25, 0.3) is 21.2 Å². The second-order valence-electron chi connectivity index (χ2n) is 5.63. The molecule has 0 fully saturated rings. The van der Waals surface area contributed by atoms with E-state index >= 15 is 0 Å². The smallest absolute Gasteiger partial charge is 0.293 e. The fourth-order valence-electron chi connectivity index (χ4n) is 2.74. The highest BCUT2D eigenvalue weighted by Crippen LogP contribution is 2.30. The van der Waals surface area contributed by atoms with Gasteiger partial charge in [0.15, 0.2) is 10.9 Å². The Morgan fingerprint density at radius 2 is 2.15 bits per heavy atom. The summed E-state index contributed by atoms with van der Waals surface area (Å²) in [6.45, 7) is 2.70. The van der Waals surface area contributed by atoms with Crippen molar-refractivity contribution in [3.05, 3.63) is 59.6 Å². The topological polar surface area (TPSA) is 64.4 Å². The number of ether oxygens (including phenoxy) is 1. The van der Waals surface area contributed by atoms with E-state index in [0.29, 0.717) is 33.1 Å². The Bertz CT molecular complexity index is 1100. The first kappa shape index (κ1) is 16.7. The Morgan fingerprint density at radius 1 is 1.31 bits per heavy atom. The van der Waals surface area contributed by atoms with Crippen LogP contribution < -0.4 is 5.32 Å². The normalized spacial score (nSPS) is 11.3. The van der Waals surface area contributed by atoms with E-state index in [4.69, 9.17) is 9.15 Å². The van der Waals surface area contributed by atoms with Gasteiger partial charge in [-0.25, -0.2) is 9.37 Å². The van der Waals surface area contributed by atoms with Crippen molar-refractivity contribution in [3.63, 3.8) is 0 Å². The van der Waals surface area contributed by atoms with Gasteiger partial charge in [0.2, 0.25) is 0 Å². The van der Waals surface area contributed by atoms with Gasteiger partial charge in [-0.05, 0) is 31.2 Å². The first-order valence-electron chi connectivity index (χ1n) is 8.11. The predicted molar refractivity (Wildman–Crippen MR) is 99.1 cm³/mol. The molecule has 2 heterocycles. The number of para-hydroxylation sites is 1. The number of aromatic nitrogens is 1. The number of amides is 1. The van der Waals surface area contributed by atoms with E-state index in [2.05, 4.69) is 10.3 Å². The zero-order chi connectivity index (χ0) is 18.1. The quantitative estimate of drug-likeness (QED) is 0.539. The molecule has 0 radical (unpaired) electrons. The summed E-state index contributed by atoms with van der Waals surface area (Å²) < 4.78 is 25.2. The van der Waals surface area contributed by atoms with Crippen LogP contribution in [-0.4, -0.2) is 17.5 Å². The number of halogens is 1. The Kier molecular flexibility index (Phi) is 4.40. The summed E-state index contributed by atoms with van der Waals surface area (Å²) in [4.78, 5) is 17.1. The monoisotopic (exact) mass is 370 g/mol. The number of nitrogens with one attached hydrogen (secondary N) is 1. The van der Waals surface area contributed by atoms with Gasteiger partial charge in [-0.1, -0.05) is 29.5 Å². The molecule has 1 amide bonds. The molecule has 0 atom stereocenters. The lowest BCUT2D eigenvalue weighted by Crippen LogP contribution is -2.13. The fourth-order valence-corrected chi connectivity index (χ4v) is 3.62. The average molecular weight is 370 g/mol. The number of furan rings is 1. The number of benzene rings is 2. The van der Waals surface area contributed by atoms with Crippen LogP contribution in [0, 0.1) is 5.82 Å². The second kappa shape index (κ2) is 6.86. The van der Waals surface area contributed by atoms with Crippen LogP contribution in [0.1, 0.15) is 23.0 Å². The molecule has 26 heavy (non-hydrogen) atoms. The number of carbonyl (C=O) groups is 1. The van der Waals surface area contributed by atoms with Crippen molar-refractivity contribution in [2.75, 3.05) is 11.9 Å². The first-order valence-corrected chi connectivity index (χ1v) is 8.93. The van der Waals surface area contributed by atoms with E-state index < -0.39 is 5.91 Å². The van der Waals surface area contributed by atoms with Crippen LogP contribution in [0.3, 0.4) is 0 Å². The molecule has 0 aliphatic heterocycles. The Morgan fingerprint density at radius 3 is 3.00 bits per heavy atom. The molecule has 4 aromatic rings. The summed E-state index contributed by atoms with van der Waals surface area (Å²) in [6, 6.07) is 11.7. The highest BCUT2D eigenvalue weighted by atomic mass is 32.1. The maximum atomic E-state index is 13.3. The molecule has 0 bridgehead atoms. The summed E-state index contributed by atoms with van der Waals surface area (Å²) >= 11 is 1.21. The molecule has 132 valence electrons. The van der Waals surface area contributed by atoms with Gasteiger partial charge in [-0.3, -0.25) is 10.1 Å². The minimum absolute atomic E-state index is 0.199. The number of anilines is 1. The number of hydrogen-bond acceptors (Lipinski definition) is 5. The lowest BCUT2D eigenvalue weighted by atomic mass is 10.1. The van der Waals surface area contributed by atoms with Crippen LogP contribution >= 0.6 is 11.3 Å². The summed E-state index contributed by atoms with van der Waals surface area (Å²) in [5.74, 6) is -0.546. The molecule has 0 aliphatic rings. The van der Waals surface area contributed by atoms with Crippen molar-refractivity contribution in [2.24, 2.45) is 0 Å². The average Bonchev–Trinajstić information content (AvgIpc) is 3.20. The molecular formula is C19H15FN2O3S. The lowest BCUT2D eigenvalue weighted by molar-refractivity contribution is 0.0984. The summed E-state index contributed by atoms with van der Waals surface area (Å²) in [7, 11) is 0. The maximum absolute atomic E-state index is 13.3. The molecule has 0 spiro atoms. The summed E-state index contributed by atoms with van der Waals surface area (Å²) in [5.41, 5.74) is 1.96. The van der Waals surface area contributed by atoms with Crippen LogP contribution in [0.15, 0.2) is 46.9 Å². The highest BCUT2D eigenvalue weighted by molar-refractivity contribution is 7.22. The molecule has 1 N–H and O–H groups in total. The summed E-state index contributed by atoms with van der Waals surface area (Å²) in [5, 5.41) is 3.97. The van der Waals surface area contributed by atoms with E-state index in [-0.39, 0.29) is 18.2 Å². The zero-order valence-electron chi connectivity index (χ0n) is 13.9. The van der Waals surface area contributed by atoms with Crippen LogP contribution in [-0.2, 0) is 11.3 Å². The molecule has 0 unspecified atom stereocenters. The molecule has 5 nitrogen and oxygen atoms in total. The van der Waals surface area contributed by atoms with Crippen LogP contribution in [0.4, 0.5) is 9.52 Å². The molecule has 2 aromatic heterocycles. The third kappa shape index (κ3) is 3.07. The van der Waals surface area contributed by atoms with Gasteiger partial charge in [0.05, 0.1) is 16.8 Å². The van der Waals surface area contributed by atoms with E-state index in [1.165, 1.54) is 23.5 Å². The molecule has 0 saturated carbocycles. The SMILES string of the molecule is CCOCc1c(C(=O)Nc2nc3ccc(F)cc3s2)oc2ccccc12. The van der Waals surface area contributed by atoms with E-state index in [1.54, 1.807) is 6.07 Å². The van der Waals surface area contributed by atoms with Gasteiger partial charge >= 0.3 is 0 Å². The molecule has 4 rings (SSSR count). The number of rotatable bonds is 5. The minimum atomic E-state index is -0.407. The molecule has 2 aromatic carbocycles. The van der Waals surface area contributed by atoms with Crippen molar-refractivity contribution >= 4 is 43.6 Å². The third-order valence-electron chi connectivity index (χ3n) is 3.93. The van der Waals surface area contributed by atoms with Gasteiger partial charge in [0, 0.05) is 17.6 Å². The number of thiazole rings is 1. The fraction of sp³-hybridized carbons (Fsp3) is 0.158. The lowest BCUT2D eigenvalue weighted by Gasteiger charge is -2.03. The van der Waals surface area contributed by atoms with Crippen molar-refractivity contribution in [1.82, 2.24) is 4.98 Å². The van der Waals surface area contributed by atoms with Crippen molar-refractivity contribution in [2.45, 2.75) is 13.5 Å². The third-order valence-corrected chi connectivity index (χ3v) is 4.86. The van der Waals surface area contributed by atoms with Crippen molar-refractivity contribution < 1.29 is 18.3 Å². The molecule has 7 heteroatoms. The van der Waals surface area contributed by atoms with Crippen molar-refractivity contribution in [1.29, 1.82) is 0 Å². The Balaban J connectivity index is 1.68. The number of fused-ring (bicyclic) bond motifs is 2. The van der Waals surface area contributed by atoms with Gasteiger partial charge in [-0.2, -0.15) is 0 Å². The summed E-state index contributed by atoms with van der Waals surface area (Å²) in [6.07, 6.45) is 0. The van der Waals surface area contributed by atoms with Crippen molar-refractivity contribution in [3.8, 4) is 0 Å². The number of carbonyl (C=O) groups excluding carboxylic acids is 1. The largest absolute Gasteiger partial charge is 0.451 e. The van der Waals surface area contributed by atoms with Gasteiger partial charge in [0.25, 0.3) is 5.91 Å². The Labute approximate surface area is 152 Å². The zero-order valence-corrected chi connectivity index (χ0v) is 14.7. The number of hydrogen-bond donors (Lipinski definition) is 1. The predicted octanol–water partition coefficient (Wildman–Crippen LogP) is 4.97. The van der Waals surface area contributed by atoms with Crippen LogP contribution in [0.2, 0.25) is 0 Å². The van der Waals surface area contributed by atoms with E-state index in [9.17, 15) is 9.18 Å². The minimum Gasteiger partial charge on any atom is -0.451 e. The molecule has 0 saturated heterocycles. The maximum Gasteiger partial charge on any atom is 0.293 e. The standard InChI is InChI=1S/C19H15FN2O3S/c1-2-24-10-13-12-5-3-4-6-15(12)25-17(13)18(23)22-19-21-14-8-7-11(20)9-16(14)26-19/h3-9H,2,10H2,1H3,(H,21,22,23). The number of nitrogens with zero attached hydrogens (tertiary/aromatic N) is 1. The van der Waals surface area contributed by atoms with Gasteiger partial charge in [-0.15, -0.1) is 0 Å². The second-order valence-corrected chi connectivity index (χ2v) is 6.66. The highest BCUT2D eigenvalue weighted by Gasteiger charge is 2.21. The Hall–Kier alpha value is -2.77. The van der Waals surface area contributed by atoms with E-state index in [0.717, 1.165) is 5.39 Å². The molecule has 0 aliphatic carbocycles. The van der Waals surface area contributed by atoms with Crippen LogP contribution in [0.5, 0.6) is 0 Å². The van der Waals surface area contributed by atoms with Gasteiger partial charge < -0.3 is 9.15 Å². The van der Waals surface area contributed by atoms with Gasteiger partial charge in [0.1, 0.15) is 11.4 Å². The van der Waals surface area contributed by atoms with E-state index in [1.807, 2.05) is 31.2 Å².